The summed E-state index contributed by atoms with van der Waals surface area (Å²) in [6.07, 6.45) is 3.04. The first-order chi connectivity index (χ1) is 15.4. The molecule has 0 saturated heterocycles. The summed E-state index contributed by atoms with van der Waals surface area (Å²) < 4.78 is 31.1. The Morgan fingerprint density at radius 1 is 1.22 bits per heavy atom. The smallest absolute Gasteiger partial charge is 0.339 e. The maximum atomic E-state index is 13.9. The topological polar surface area (TPSA) is 96.5 Å². The maximum absolute atomic E-state index is 13.9. The molecule has 164 valence electrons. The number of ketones is 1. The van der Waals surface area contributed by atoms with E-state index in [4.69, 9.17) is 13.9 Å². The number of carbonyl (C=O) groups excluding carboxylic acids is 2. The highest BCUT2D eigenvalue weighted by Crippen LogP contribution is 2.27. The fourth-order valence-corrected chi connectivity index (χ4v) is 3.25. The number of fused-ring (bicyclic) bond motifs is 1. The van der Waals surface area contributed by atoms with Crippen LogP contribution >= 0.6 is 0 Å². The molecule has 0 spiro atoms. The summed E-state index contributed by atoms with van der Waals surface area (Å²) in [6, 6.07) is 8.76. The molecule has 0 bridgehead atoms. The number of rotatable bonds is 7. The standard InChI is InChI=1S/C23H20FN3O5/c1-13(2)27-22-16(11-25-27)15(10-18(26-22)21-5-4-8-31-21)23(29)32-12-19(28)14-6-7-20(30-3)17(24)9-14/h4-11,13H,12H2,1-3H3. The van der Waals surface area contributed by atoms with Gasteiger partial charge in [-0.1, -0.05) is 0 Å². The zero-order valence-electron chi connectivity index (χ0n) is 17.7. The Bertz CT molecular complexity index is 1290. The number of carbonyl (C=O) groups is 2. The van der Waals surface area contributed by atoms with Crippen molar-refractivity contribution >= 4 is 22.8 Å². The Morgan fingerprint density at radius 3 is 2.69 bits per heavy atom. The van der Waals surface area contributed by atoms with Crippen LogP contribution in [0.15, 0.2) is 53.3 Å². The predicted molar refractivity (Wildman–Crippen MR) is 113 cm³/mol. The lowest BCUT2D eigenvalue weighted by Gasteiger charge is -2.10. The van der Waals surface area contributed by atoms with E-state index in [1.807, 2.05) is 13.8 Å². The second kappa shape index (κ2) is 8.62. The van der Waals surface area contributed by atoms with Gasteiger partial charge in [0.15, 0.2) is 35.4 Å². The van der Waals surface area contributed by atoms with Crippen molar-refractivity contribution in [2.75, 3.05) is 13.7 Å². The molecular formula is C23H20FN3O5. The molecule has 0 radical (unpaired) electrons. The quantitative estimate of drug-likeness (QED) is 0.311. The zero-order valence-corrected chi connectivity index (χ0v) is 17.7. The molecule has 4 rings (SSSR count). The zero-order chi connectivity index (χ0) is 22.8. The van der Waals surface area contributed by atoms with E-state index in [0.29, 0.717) is 22.5 Å². The Hall–Kier alpha value is -4.01. The minimum atomic E-state index is -0.726. The molecule has 0 fully saturated rings. The van der Waals surface area contributed by atoms with Crippen LogP contribution in [0.25, 0.3) is 22.5 Å². The van der Waals surface area contributed by atoms with Crippen molar-refractivity contribution in [2.24, 2.45) is 0 Å². The molecule has 3 aromatic heterocycles. The highest BCUT2D eigenvalue weighted by Gasteiger charge is 2.21. The minimum absolute atomic E-state index is 0.00210. The van der Waals surface area contributed by atoms with Crippen molar-refractivity contribution in [3.05, 3.63) is 65.8 Å². The Kier molecular flexibility index (Phi) is 5.72. The summed E-state index contributed by atoms with van der Waals surface area (Å²) in [6.45, 7) is 3.33. The molecule has 9 heteroatoms. The minimum Gasteiger partial charge on any atom is -0.494 e. The van der Waals surface area contributed by atoms with Gasteiger partial charge < -0.3 is 13.9 Å². The molecular weight excluding hydrogens is 417 g/mol. The summed E-state index contributed by atoms with van der Waals surface area (Å²) >= 11 is 0. The van der Waals surface area contributed by atoms with Crippen LogP contribution in [-0.4, -0.2) is 40.2 Å². The molecule has 1 aromatic carbocycles. The van der Waals surface area contributed by atoms with E-state index in [1.165, 1.54) is 37.8 Å². The fourth-order valence-electron chi connectivity index (χ4n) is 3.25. The highest BCUT2D eigenvalue weighted by molar-refractivity contribution is 6.05. The maximum Gasteiger partial charge on any atom is 0.339 e. The molecule has 8 nitrogen and oxygen atoms in total. The summed E-state index contributed by atoms with van der Waals surface area (Å²) in [7, 11) is 1.33. The van der Waals surface area contributed by atoms with E-state index in [-0.39, 0.29) is 22.9 Å². The third-order valence-electron chi connectivity index (χ3n) is 4.86. The number of halogens is 1. The van der Waals surface area contributed by atoms with Crippen molar-refractivity contribution < 1.29 is 27.9 Å². The van der Waals surface area contributed by atoms with Gasteiger partial charge in [-0.25, -0.2) is 18.9 Å². The lowest BCUT2D eigenvalue weighted by molar-refractivity contribution is 0.0476. The van der Waals surface area contributed by atoms with E-state index in [1.54, 1.807) is 16.8 Å². The van der Waals surface area contributed by atoms with Gasteiger partial charge in [0.25, 0.3) is 0 Å². The average molecular weight is 437 g/mol. The van der Waals surface area contributed by atoms with Crippen LogP contribution in [0.1, 0.15) is 40.6 Å². The molecule has 0 unspecified atom stereocenters. The molecule has 0 saturated carbocycles. The van der Waals surface area contributed by atoms with Gasteiger partial charge in [-0.15, -0.1) is 0 Å². The second-order valence-electron chi connectivity index (χ2n) is 7.30. The number of hydrogen-bond acceptors (Lipinski definition) is 7. The van der Waals surface area contributed by atoms with Crippen molar-refractivity contribution in [1.82, 2.24) is 14.8 Å². The highest BCUT2D eigenvalue weighted by atomic mass is 19.1. The Labute approximate surface area is 182 Å². The number of benzene rings is 1. The number of ether oxygens (including phenoxy) is 2. The van der Waals surface area contributed by atoms with Gasteiger partial charge in [-0.3, -0.25) is 4.79 Å². The largest absolute Gasteiger partial charge is 0.494 e. The summed E-state index contributed by atoms with van der Waals surface area (Å²) in [5.74, 6) is -1.46. The first-order valence-corrected chi connectivity index (χ1v) is 9.85. The monoisotopic (exact) mass is 437 g/mol. The SMILES string of the molecule is COc1ccc(C(=O)COC(=O)c2cc(-c3ccco3)nc3c2cnn3C(C)C)cc1F. The molecule has 0 aliphatic heterocycles. The number of aromatic nitrogens is 3. The molecule has 3 heterocycles. The number of methoxy groups -OCH3 is 1. The number of nitrogens with zero attached hydrogens (tertiary/aromatic N) is 3. The van der Waals surface area contributed by atoms with Gasteiger partial charge in [0.2, 0.25) is 0 Å². The number of esters is 1. The molecule has 0 atom stereocenters. The van der Waals surface area contributed by atoms with Crippen LogP contribution in [0.2, 0.25) is 0 Å². The summed E-state index contributed by atoms with van der Waals surface area (Å²) in [5.41, 5.74) is 1.19. The van der Waals surface area contributed by atoms with Crippen LogP contribution in [0.5, 0.6) is 5.75 Å². The summed E-state index contributed by atoms with van der Waals surface area (Å²) in [4.78, 5) is 29.9. The molecule has 0 aliphatic carbocycles. The Balaban J connectivity index is 1.63. The lowest BCUT2D eigenvalue weighted by atomic mass is 10.1. The molecule has 0 N–H and O–H groups in total. The fraction of sp³-hybridized carbons (Fsp3) is 0.217. The van der Waals surface area contributed by atoms with Crippen molar-refractivity contribution in [2.45, 2.75) is 19.9 Å². The number of furan rings is 1. The van der Waals surface area contributed by atoms with E-state index in [9.17, 15) is 14.0 Å². The van der Waals surface area contributed by atoms with Crippen LogP contribution in [0.3, 0.4) is 0 Å². The van der Waals surface area contributed by atoms with Crippen molar-refractivity contribution in [3.63, 3.8) is 0 Å². The molecule has 0 aliphatic rings. The van der Waals surface area contributed by atoms with Crippen LogP contribution < -0.4 is 4.74 Å². The Morgan fingerprint density at radius 2 is 2.03 bits per heavy atom. The number of Topliss-reactive ketones (excluding diaryl/α,β-unsaturated/α-hetero) is 1. The number of hydrogen-bond donors (Lipinski definition) is 0. The first kappa shape index (κ1) is 21.2. The van der Waals surface area contributed by atoms with Crippen molar-refractivity contribution in [1.29, 1.82) is 0 Å². The van der Waals surface area contributed by atoms with E-state index >= 15 is 0 Å². The van der Waals surface area contributed by atoms with Gasteiger partial charge >= 0.3 is 5.97 Å². The van der Waals surface area contributed by atoms with E-state index in [0.717, 1.165) is 6.07 Å². The van der Waals surface area contributed by atoms with E-state index < -0.39 is 24.2 Å². The normalized spacial score (nSPS) is 11.2. The van der Waals surface area contributed by atoms with Crippen LogP contribution in [-0.2, 0) is 4.74 Å². The molecule has 0 amide bonds. The predicted octanol–water partition coefficient (Wildman–Crippen LogP) is 4.46. The van der Waals surface area contributed by atoms with Gasteiger partial charge in [0.1, 0.15) is 5.69 Å². The third-order valence-corrected chi connectivity index (χ3v) is 4.86. The summed E-state index contributed by atoms with van der Waals surface area (Å²) in [5, 5.41) is 4.81. The van der Waals surface area contributed by atoms with Crippen molar-refractivity contribution in [3.8, 4) is 17.2 Å². The lowest BCUT2D eigenvalue weighted by Crippen LogP contribution is -2.15. The average Bonchev–Trinajstić information content (AvgIpc) is 3.46. The first-order valence-electron chi connectivity index (χ1n) is 9.85. The van der Waals surface area contributed by atoms with Gasteiger partial charge in [0.05, 0.1) is 30.5 Å². The molecule has 32 heavy (non-hydrogen) atoms. The third kappa shape index (κ3) is 3.96. The number of pyridine rings is 1. The van der Waals surface area contributed by atoms with Crippen LogP contribution in [0.4, 0.5) is 4.39 Å². The van der Waals surface area contributed by atoms with Gasteiger partial charge in [0, 0.05) is 11.6 Å². The van der Waals surface area contributed by atoms with E-state index in [2.05, 4.69) is 10.1 Å². The molecule has 4 aromatic rings. The van der Waals surface area contributed by atoms with Gasteiger partial charge in [-0.2, -0.15) is 5.10 Å². The van der Waals surface area contributed by atoms with Gasteiger partial charge in [-0.05, 0) is 50.2 Å². The second-order valence-corrected chi connectivity index (χ2v) is 7.30. The van der Waals surface area contributed by atoms with Crippen LogP contribution in [0, 0.1) is 5.82 Å².